The molecule has 0 aliphatic heterocycles. The quantitative estimate of drug-likeness (QED) is 0.529. The van der Waals surface area contributed by atoms with Crippen molar-refractivity contribution in [2.75, 3.05) is 14.2 Å². The summed E-state index contributed by atoms with van der Waals surface area (Å²) in [5.74, 6) is 1.69. The first kappa shape index (κ1) is 18.6. The Labute approximate surface area is 168 Å². The Morgan fingerprint density at radius 1 is 1.00 bits per heavy atom. The molecule has 0 saturated carbocycles. The van der Waals surface area contributed by atoms with Gasteiger partial charge in [0.1, 0.15) is 5.69 Å². The zero-order valence-electron chi connectivity index (χ0n) is 16.1. The molecule has 0 aliphatic rings. The molecule has 0 aliphatic carbocycles. The topological polar surface area (TPSA) is 73.6 Å². The highest BCUT2D eigenvalue weighted by Crippen LogP contribution is 2.28. The largest absolute Gasteiger partial charge is 0.493 e. The van der Waals surface area contributed by atoms with Crippen LogP contribution in [0.1, 0.15) is 15.9 Å². The van der Waals surface area contributed by atoms with Gasteiger partial charge in [-0.3, -0.25) is 4.79 Å². The van der Waals surface area contributed by atoms with Crippen molar-refractivity contribution in [1.29, 1.82) is 0 Å². The maximum atomic E-state index is 13.0. The van der Waals surface area contributed by atoms with E-state index in [0.29, 0.717) is 35.1 Å². The zero-order chi connectivity index (χ0) is 20.2. The van der Waals surface area contributed by atoms with Crippen molar-refractivity contribution in [3.8, 4) is 23.0 Å². The van der Waals surface area contributed by atoms with Crippen LogP contribution in [-0.2, 0) is 6.54 Å². The van der Waals surface area contributed by atoms with Gasteiger partial charge in [0.2, 0.25) is 0 Å². The lowest BCUT2D eigenvalue weighted by Crippen LogP contribution is -2.23. The Bertz CT molecular complexity index is 1150. The van der Waals surface area contributed by atoms with Gasteiger partial charge in [-0.15, -0.1) is 0 Å². The third-order valence-electron chi connectivity index (χ3n) is 4.64. The molecule has 6 heteroatoms. The van der Waals surface area contributed by atoms with Crippen LogP contribution in [0.15, 0.2) is 71.3 Å². The number of hydrogen-bond donors (Lipinski definition) is 1. The highest BCUT2D eigenvalue weighted by atomic mass is 16.5. The van der Waals surface area contributed by atoms with E-state index in [2.05, 4.69) is 10.3 Å². The van der Waals surface area contributed by atoms with Crippen molar-refractivity contribution in [3.63, 3.8) is 0 Å². The van der Waals surface area contributed by atoms with E-state index < -0.39 is 0 Å². The lowest BCUT2D eigenvalue weighted by atomic mass is 10.1. The summed E-state index contributed by atoms with van der Waals surface area (Å²) in [5.41, 5.74) is 2.80. The third kappa shape index (κ3) is 3.78. The molecule has 2 aromatic carbocycles. The number of furan rings is 1. The summed E-state index contributed by atoms with van der Waals surface area (Å²) < 4.78 is 16.0. The van der Waals surface area contributed by atoms with Crippen LogP contribution in [-0.4, -0.2) is 25.1 Å². The number of carbonyl (C=O) groups is 1. The van der Waals surface area contributed by atoms with Crippen LogP contribution < -0.4 is 14.8 Å². The van der Waals surface area contributed by atoms with Crippen LogP contribution in [0.4, 0.5) is 0 Å². The number of benzene rings is 2. The van der Waals surface area contributed by atoms with Crippen molar-refractivity contribution >= 4 is 16.8 Å². The van der Waals surface area contributed by atoms with E-state index in [1.807, 2.05) is 48.5 Å². The summed E-state index contributed by atoms with van der Waals surface area (Å²) >= 11 is 0. The summed E-state index contributed by atoms with van der Waals surface area (Å²) in [7, 11) is 3.17. The number of aromatic nitrogens is 1. The number of nitrogens with one attached hydrogen (secondary N) is 1. The van der Waals surface area contributed by atoms with E-state index >= 15 is 0 Å². The Morgan fingerprint density at radius 2 is 1.83 bits per heavy atom. The molecule has 0 unspecified atom stereocenters. The van der Waals surface area contributed by atoms with Gasteiger partial charge in [-0.2, -0.15) is 0 Å². The van der Waals surface area contributed by atoms with Crippen molar-refractivity contribution in [3.05, 3.63) is 78.1 Å². The first-order valence-electron chi connectivity index (χ1n) is 9.12. The molecular formula is C23H20N2O4. The number of ether oxygens (including phenoxy) is 2. The number of hydrogen-bond acceptors (Lipinski definition) is 5. The number of pyridine rings is 1. The minimum atomic E-state index is -0.189. The third-order valence-corrected chi connectivity index (χ3v) is 4.64. The van der Waals surface area contributed by atoms with Gasteiger partial charge < -0.3 is 19.2 Å². The molecule has 0 fully saturated rings. The normalized spacial score (nSPS) is 10.7. The molecular weight excluding hydrogens is 368 g/mol. The monoisotopic (exact) mass is 388 g/mol. The van der Waals surface area contributed by atoms with Crippen LogP contribution in [0.5, 0.6) is 11.5 Å². The van der Waals surface area contributed by atoms with Crippen molar-refractivity contribution < 1.29 is 18.7 Å². The maximum absolute atomic E-state index is 13.0. The van der Waals surface area contributed by atoms with E-state index in [4.69, 9.17) is 13.9 Å². The van der Waals surface area contributed by atoms with Gasteiger partial charge in [-0.1, -0.05) is 24.3 Å². The van der Waals surface area contributed by atoms with Crippen molar-refractivity contribution in [2.45, 2.75) is 6.54 Å². The molecule has 1 N–H and O–H groups in total. The SMILES string of the molecule is COc1ccc(CNC(=O)c2cc(-c3ccco3)nc3ccccc23)cc1OC. The van der Waals surface area contributed by atoms with Crippen molar-refractivity contribution in [2.24, 2.45) is 0 Å². The number of nitrogens with zero attached hydrogens (tertiary/aromatic N) is 1. The van der Waals surface area contributed by atoms with Gasteiger partial charge >= 0.3 is 0 Å². The van der Waals surface area contributed by atoms with Gasteiger partial charge in [0.05, 0.1) is 31.6 Å². The van der Waals surface area contributed by atoms with Gasteiger partial charge in [-0.05, 0) is 42.0 Å². The summed E-state index contributed by atoms with van der Waals surface area (Å²) in [6.45, 7) is 0.353. The Hall–Kier alpha value is -3.80. The molecule has 0 saturated heterocycles. The fraction of sp³-hybridized carbons (Fsp3) is 0.130. The van der Waals surface area contributed by atoms with E-state index in [9.17, 15) is 4.79 Å². The Morgan fingerprint density at radius 3 is 2.59 bits per heavy atom. The fourth-order valence-electron chi connectivity index (χ4n) is 3.18. The standard InChI is InChI=1S/C23H20N2O4/c1-27-21-10-9-15(12-22(21)28-2)14-24-23(26)17-13-19(20-8-5-11-29-20)25-18-7-4-3-6-16(17)18/h3-13H,14H2,1-2H3,(H,24,26). The maximum Gasteiger partial charge on any atom is 0.252 e. The summed E-state index contributed by atoms with van der Waals surface area (Å²) in [6.07, 6.45) is 1.59. The molecule has 29 heavy (non-hydrogen) atoms. The van der Waals surface area contributed by atoms with E-state index in [-0.39, 0.29) is 5.91 Å². The van der Waals surface area contributed by atoms with Crippen LogP contribution >= 0.6 is 0 Å². The van der Waals surface area contributed by atoms with Crippen molar-refractivity contribution in [1.82, 2.24) is 10.3 Å². The highest BCUT2D eigenvalue weighted by Gasteiger charge is 2.15. The lowest BCUT2D eigenvalue weighted by molar-refractivity contribution is 0.0952. The number of carbonyl (C=O) groups excluding carboxylic acids is 1. The van der Waals surface area contributed by atoms with Gasteiger partial charge in [-0.25, -0.2) is 4.98 Å². The summed E-state index contributed by atoms with van der Waals surface area (Å²) in [4.78, 5) is 17.6. The van der Waals surface area contributed by atoms with Gasteiger partial charge in [0.15, 0.2) is 17.3 Å². The number of amides is 1. The number of para-hydroxylation sites is 1. The number of rotatable bonds is 6. The van der Waals surface area contributed by atoms with Crippen LogP contribution in [0.25, 0.3) is 22.4 Å². The summed E-state index contributed by atoms with van der Waals surface area (Å²) in [6, 6.07) is 18.5. The van der Waals surface area contributed by atoms with E-state index in [1.54, 1.807) is 32.6 Å². The van der Waals surface area contributed by atoms with Crippen LogP contribution in [0.2, 0.25) is 0 Å². The van der Waals surface area contributed by atoms with Crippen LogP contribution in [0.3, 0.4) is 0 Å². The second kappa shape index (κ2) is 8.06. The van der Waals surface area contributed by atoms with Crippen LogP contribution in [0, 0.1) is 0 Å². The number of fused-ring (bicyclic) bond motifs is 1. The summed E-state index contributed by atoms with van der Waals surface area (Å²) in [5, 5.41) is 3.76. The first-order chi connectivity index (χ1) is 14.2. The molecule has 6 nitrogen and oxygen atoms in total. The zero-order valence-corrected chi connectivity index (χ0v) is 16.1. The molecule has 0 spiro atoms. The van der Waals surface area contributed by atoms with E-state index in [1.165, 1.54) is 0 Å². The minimum Gasteiger partial charge on any atom is -0.493 e. The average Bonchev–Trinajstić information content (AvgIpc) is 3.31. The molecule has 4 aromatic rings. The first-order valence-corrected chi connectivity index (χ1v) is 9.12. The predicted molar refractivity (Wildman–Crippen MR) is 110 cm³/mol. The van der Waals surface area contributed by atoms with E-state index in [0.717, 1.165) is 16.5 Å². The molecule has 1 amide bonds. The Kier molecular flexibility index (Phi) is 5.16. The molecule has 146 valence electrons. The molecule has 0 bridgehead atoms. The predicted octanol–water partition coefficient (Wildman–Crippen LogP) is 4.44. The fourth-order valence-corrected chi connectivity index (χ4v) is 3.18. The molecule has 2 heterocycles. The molecule has 0 radical (unpaired) electrons. The lowest BCUT2D eigenvalue weighted by Gasteiger charge is -2.12. The minimum absolute atomic E-state index is 0.189. The molecule has 0 atom stereocenters. The number of methoxy groups -OCH3 is 2. The second-order valence-electron chi connectivity index (χ2n) is 6.42. The highest BCUT2D eigenvalue weighted by molar-refractivity contribution is 6.07. The van der Waals surface area contributed by atoms with Gasteiger partial charge in [0.25, 0.3) is 5.91 Å². The molecule has 4 rings (SSSR count). The average molecular weight is 388 g/mol. The smallest absolute Gasteiger partial charge is 0.252 e. The molecule has 2 aromatic heterocycles. The van der Waals surface area contributed by atoms with Gasteiger partial charge in [0, 0.05) is 11.9 Å². The Balaban J connectivity index is 1.63. The second-order valence-corrected chi connectivity index (χ2v) is 6.42.